The fraction of sp³-hybridized carbons (Fsp3) is 0.174. The average molecular weight is 422 g/mol. The van der Waals surface area contributed by atoms with E-state index in [1.165, 1.54) is 22.9 Å². The molecule has 1 atom stereocenters. The second-order valence-corrected chi connectivity index (χ2v) is 6.99. The van der Waals surface area contributed by atoms with Crippen LogP contribution in [0.2, 0.25) is 0 Å². The van der Waals surface area contributed by atoms with Crippen LogP contribution in [-0.4, -0.2) is 34.9 Å². The van der Waals surface area contributed by atoms with Gasteiger partial charge in [-0.3, -0.25) is 9.79 Å². The molecule has 8 nitrogen and oxygen atoms in total. The molecule has 1 unspecified atom stereocenters. The number of nitrogens with zero attached hydrogens (tertiary/aromatic N) is 1. The number of anilines is 1. The maximum Gasteiger partial charge on any atom is 0.331 e. The van der Waals surface area contributed by atoms with Gasteiger partial charge in [-0.05, 0) is 35.7 Å². The monoisotopic (exact) mass is 421 g/mol. The molecule has 0 aliphatic rings. The predicted molar refractivity (Wildman–Crippen MR) is 124 cm³/mol. The number of carboxylic acids is 1. The molecule has 0 bridgehead atoms. The minimum atomic E-state index is -1.97. The van der Waals surface area contributed by atoms with Crippen LogP contribution in [0.15, 0.2) is 77.8 Å². The van der Waals surface area contributed by atoms with Gasteiger partial charge in [-0.15, -0.1) is 0 Å². The van der Waals surface area contributed by atoms with E-state index in [4.69, 9.17) is 22.9 Å². The van der Waals surface area contributed by atoms with Gasteiger partial charge in [0, 0.05) is 17.8 Å². The van der Waals surface area contributed by atoms with Crippen LogP contribution in [0.5, 0.6) is 0 Å². The van der Waals surface area contributed by atoms with Crippen LogP contribution < -0.4 is 22.9 Å². The van der Waals surface area contributed by atoms with E-state index in [1.807, 2.05) is 30.3 Å². The summed E-state index contributed by atoms with van der Waals surface area (Å²) in [4.78, 5) is 27.3. The van der Waals surface area contributed by atoms with Crippen molar-refractivity contribution in [1.82, 2.24) is 0 Å². The topological polar surface area (TPSA) is 171 Å². The zero-order valence-electron chi connectivity index (χ0n) is 17.1. The Bertz CT molecular complexity index is 1070. The quantitative estimate of drug-likeness (QED) is 0.0970. The summed E-state index contributed by atoms with van der Waals surface area (Å²) >= 11 is 0. The summed E-state index contributed by atoms with van der Waals surface area (Å²) in [5, 5.41) is 11.7. The molecule has 0 aromatic heterocycles. The first-order valence-corrected chi connectivity index (χ1v) is 9.66. The zero-order valence-corrected chi connectivity index (χ0v) is 17.1. The fourth-order valence-electron chi connectivity index (χ4n) is 2.94. The molecule has 0 radical (unpaired) electrons. The second-order valence-electron chi connectivity index (χ2n) is 6.99. The molecular weight excluding hydrogens is 394 g/mol. The van der Waals surface area contributed by atoms with Crippen molar-refractivity contribution in [3.8, 4) is 0 Å². The van der Waals surface area contributed by atoms with Gasteiger partial charge in [0.25, 0.3) is 0 Å². The van der Waals surface area contributed by atoms with Gasteiger partial charge in [0.15, 0.2) is 17.3 Å². The molecule has 0 saturated heterocycles. The Morgan fingerprint density at radius 3 is 2.13 bits per heavy atom. The molecule has 0 saturated carbocycles. The molecule has 8 heteroatoms. The van der Waals surface area contributed by atoms with Crippen LogP contribution in [-0.2, 0) is 4.79 Å². The Kier molecular flexibility index (Phi) is 8.10. The lowest BCUT2D eigenvalue weighted by molar-refractivity contribution is -0.141. The van der Waals surface area contributed by atoms with Gasteiger partial charge in [0.05, 0.1) is 0 Å². The highest BCUT2D eigenvalue weighted by molar-refractivity contribution is 6.15. The maximum absolute atomic E-state index is 12.2. The minimum Gasteiger partial charge on any atom is -0.480 e. The number of hydrogen-bond donors (Lipinski definition) is 5. The lowest BCUT2D eigenvalue weighted by Crippen LogP contribution is -2.55. The molecule has 3 rings (SSSR count). The number of rotatable bonds is 7. The van der Waals surface area contributed by atoms with Crippen molar-refractivity contribution in [3.63, 3.8) is 0 Å². The van der Waals surface area contributed by atoms with E-state index in [9.17, 15) is 14.7 Å². The van der Waals surface area contributed by atoms with Crippen molar-refractivity contribution in [2.75, 3.05) is 12.3 Å². The first-order valence-electron chi connectivity index (χ1n) is 9.66. The second kappa shape index (κ2) is 10.7. The number of guanidine groups is 1. The highest BCUT2D eigenvalue weighted by atomic mass is 16.4. The van der Waals surface area contributed by atoms with E-state index < -0.39 is 17.3 Å². The van der Waals surface area contributed by atoms with Gasteiger partial charge in [0.2, 0.25) is 0 Å². The van der Waals surface area contributed by atoms with Crippen LogP contribution >= 0.6 is 0 Å². The van der Waals surface area contributed by atoms with Gasteiger partial charge in [0.1, 0.15) is 0 Å². The van der Waals surface area contributed by atoms with Crippen LogP contribution in [0.25, 0.3) is 10.8 Å². The average Bonchev–Trinajstić information content (AvgIpc) is 2.76. The molecule has 9 N–H and O–H groups in total. The van der Waals surface area contributed by atoms with Crippen molar-refractivity contribution >= 4 is 34.2 Å². The first-order chi connectivity index (χ1) is 14.7. The summed E-state index contributed by atoms with van der Waals surface area (Å²) < 4.78 is 0. The maximum atomic E-state index is 12.2. The fourth-order valence-corrected chi connectivity index (χ4v) is 2.94. The van der Waals surface area contributed by atoms with Gasteiger partial charge < -0.3 is 28.0 Å². The number of carbonyl (C=O) groups excluding carboxylic acids is 1. The molecule has 3 aromatic rings. The molecular formula is C23H27N5O3. The van der Waals surface area contributed by atoms with Crippen molar-refractivity contribution in [2.45, 2.75) is 18.4 Å². The molecule has 0 heterocycles. The Morgan fingerprint density at radius 1 is 0.903 bits per heavy atom. The summed E-state index contributed by atoms with van der Waals surface area (Å²) in [5.41, 5.74) is 20.8. The van der Waals surface area contributed by atoms with Crippen molar-refractivity contribution < 1.29 is 14.7 Å². The summed E-state index contributed by atoms with van der Waals surface area (Å²) in [6.07, 6.45) is 0.242. The number of aliphatic carboxylic acids is 1. The summed E-state index contributed by atoms with van der Waals surface area (Å²) in [6.45, 7) is 0.219. The molecule has 0 spiro atoms. The van der Waals surface area contributed by atoms with Gasteiger partial charge >= 0.3 is 5.97 Å². The van der Waals surface area contributed by atoms with E-state index in [-0.39, 0.29) is 24.5 Å². The summed E-state index contributed by atoms with van der Waals surface area (Å²) in [5.74, 6) is -2.08. The van der Waals surface area contributed by atoms with Crippen molar-refractivity contribution in [2.24, 2.45) is 22.2 Å². The number of aliphatic imine (C=N–C) groups is 1. The van der Waals surface area contributed by atoms with E-state index in [0.717, 1.165) is 5.69 Å². The normalized spacial score (nSPS) is 12.2. The third-order valence-electron chi connectivity index (χ3n) is 4.62. The summed E-state index contributed by atoms with van der Waals surface area (Å²) in [6, 6.07) is 22.2. The van der Waals surface area contributed by atoms with E-state index in [2.05, 4.69) is 17.1 Å². The number of ketones is 1. The number of carboxylic acid groups (broad SMARTS) is 1. The van der Waals surface area contributed by atoms with Crippen LogP contribution in [0.3, 0.4) is 0 Å². The van der Waals surface area contributed by atoms with E-state index in [0.29, 0.717) is 6.42 Å². The Labute approximate surface area is 180 Å². The lowest BCUT2D eigenvalue weighted by atomic mass is 9.86. The highest BCUT2D eigenvalue weighted by Gasteiger charge is 2.41. The molecule has 0 aliphatic carbocycles. The van der Waals surface area contributed by atoms with Gasteiger partial charge in [-0.25, -0.2) is 4.79 Å². The van der Waals surface area contributed by atoms with Crippen molar-refractivity contribution in [3.05, 3.63) is 78.4 Å². The Hall–Kier alpha value is -3.91. The van der Waals surface area contributed by atoms with Crippen molar-refractivity contribution in [1.29, 1.82) is 0 Å². The van der Waals surface area contributed by atoms with E-state index >= 15 is 0 Å². The first kappa shape index (κ1) is 23.4. The standard InChI is InChI=1S/C13H18N4O3.C10H9N/c14-12(15)17-8-4-7-13(16,11(19)20)10(18)9-5-2-1-3-6-9;11-10-6-5-8-3-1-2-4-9(8)7-10/h1-3,5-6H,4,7-8,16H2,(H,19,20)(H4,14,15,17);1-7H,11H2. The van der Waals surface area contributed by atoms with Crippen LogP contribution in [0.1, 0.15) is 23.2 Å². The number of hydrogen-bond acceptors (Lipinski definition) is 5. The van der Waals surface area contributed by atoms with Crippen LogP contribution in [0.4, 0.5) is 5.69 Å². The zero-order chi connectivity index (χ0) is 22.9. The van der Waals surface area contributed by atoms with E-state index in [1.54, 1.807) is 18.2 Å². The number of carbonyl (C=O) groups is 2. The molecule has 3 aromatic carbocycles. The van der Waals surface area contributed by atoms with Gasteiger partial charge in [-0.2, -0.15) is 0 Å². The highest BCUT2D eigenvalue weighted by Crippen LogP contribution is 2.18. The number of fused-ring (bicyclic) bond motifs is 1. The third kappa shape index (κ3) is 6.55. The molecule has 31 heavy (non-hydrogen) atoms. The SMILES string of the molecule is NC(N)=NCCCC(N)(C(=O)O)C(=O)c1ccccc1.Nc1ccc2ccccc2c1. The number of nitrogen functional groups attached to an aromatic ring is 1. The smallest absolute Gasteiger partial charge is 0.331 e. The lowest BCUT2D eigenvalue weighted by Gasteiger charge is -2.22. The predicted octanol–water partition coefficient (Wildman–Crippen LogP) is 2.13. The molecule has 0 aliphatic heterocycles. The molecule has 162 valence electrons. The molecule has 0 amide bonds. The number of nitrogens with two attached hydrogens (primary N) is 4. The Balaban J connectivity index is 0.000000258. The third-order valence-corrected chi connectivity index (χ3v) is 4.62. The Morgan fingerprint density at radius 2 is 1.52 bits per heavy atom. The van der Waals surface area contributed by atoms with Crippen LogP contribution in [0, 0.1) is 0 Å². The van der Waals surface area contributed by atoms with Gasteiger partial charge in [-0.1, -0.05) is 60.7 Å². The largest absolute Gasteiger partial charge is 0.480 e. The molecule has 0 fully saturated rings. The number of benzene rings is 3. The number of Topliss-reactive ketones (excluding diaryl/α,β-unsaturated/α-hetero) is 1. The minimum absolute atomic E-state index is 0.0488. The summed E-state index contributed by atoms with van der Waals surface area (Å²) in [7, 11) is 0.